The SMILES string of the molecule is CC(C)CC(C)CCCNC(C)C. The van der Waals surface area contributed by atoms with Crippen LogP contribution < -0.4 is 5.32 Å². The van der Waals surface area contributed by atoms with Crippen LogP contribution in [0.2, 0.25) is 0 Å². The van der Waals surface area contributed by atoms with E-state index < -0.39 is 0 Å². The summed E-state index contributed by atoms with van der Waals surface area (Å²) in [5.41, 5.74) is 0. The van der Waals surface area contributed by atoms with E-state index in [9.17, 15) is 0 Å². The fraction of sp³-hybridized carbons (Fsp3) is 1.00. The van der Waals surface area contributed by atoms with Crippen molar-refractivity contribution >= 4 is 0 Å². The van der Waals surface area contributed by atoms with E-state index in [1.807, 2.05) is 0 Å². The lowest BCUT2D eigenvalue weighted by atomic mass is 9.95. The van der Waals surface area contributed by atoms with Crippen LogP contribution >= 0.6 is 0 Å². The van der Waals surface area contributed by atoms with Crippen molar-refractivity contribution < 1.29 is 0 Å². The van der Waals surface area contributed by atoms with E-state index in [1.165, 1.54) is 25.8 Å². The molecule has 0 aliphatic heterocycles. The summed E-state index contributed by atoms with van der Waals surface area (Å²) in [6.07, 6.45) is 4.08. The average molecular weight is 185 g/mol. The summed E-state index contributed by atoms with van der Waals surface area (Å²) < 4.78 is 0. The first kappa shape index (κ1) is 13.0. The molecule has 0 aliphatic rings. The smallest absolute Gasteiger partial charge is 0.00103 e. The van der Waals surface area contributed by atoms with Gasteiger partial charge in [0.2, 0.25) is 0 Å². The maximum atomic E-state index is 3.45. The van der Waals surface area contributed by atoms with Gasteiger partial charge in [-0.05, 0) is 37.6 Å². The van der Waals surface area contributed by atoms with Crippen LogP contribution in [0, 0.1) is 11.8 Å². The second-order valence-corrected chi connectivity index (χ2v) is 4.99. The topological polar surface area (TPSA) is 12.0 Å². The monoisotopic (exact) mass is 185 g/mol. The van der Waals surface area contributed by atoms with E-state index in [1.54, 1.807) is 0 Å². The summed E-state index contributed by atoms with van der Waals surface area (Å²) in [6, 6.07) is 0.639. The van der Waals surface area contributed by atoms with Crippen LogP contribution in [0.25, 0.3) is 0 Å². The summed E-state index contributed by atoms with van der Waals surface area (Å²) in [7, 11) is 0. The molecule has 0 rings (SSSR count). The van der Waals surface area contributed by atoms with Gasteiger partial charge in [0.25, 0.3) is 0 Å². The van der Waals surface area contributed by atoms with Gasteiger partial charge in [-0.3, -0.25) is 0 Å². The first-order valence-corrected chi connectivity index (χ1v) is 5.75. The molecule has 0 radical (unpaired) electrons. The molecular weight excluding hydrogens is 158 g/mol. The van der Waals surface area contributed by atoms with E-state index in [0.717, 1.165) is 11.8 Å². The van der Waals surface area contributed by atoms with E-state index in [4.69, 9.17) is 0 Å². The number of hydrogen-bond acceptors (Lipinski definition) is 1. The molecule has 0 spiro atoms. The lowest BCUT2D eigenvalue weighted by Crippen LogP contribution is -2.23. The molecule has 0 aromatic rings. The van der Waals surface area contributed by atoms with Crippen LogP contribution in [0.1, 0.15) is 53.9 Å². The molecular formula is C12H27N. The molecule has 80 valence electrons. The highest BCUT2D eigenvalue weighted by Gasteiger charge is 2.04. The summed E-state index contributed by atoms with van der Waals surface area (Å²) >= 11 is 0. The van der Waals surface area contributed by atoms with Gasteiger partial charge in [0.1, 0.15) is 0 Å². The van der Waals surface area contributed by atoms with Gasteiger partial charge in [0, 0.05) is 6.04 Å². The first-order valence-electron chi connectivity index (χ1n) is 5.75. The number of nitrogens with one attached hydrogen (secondary N) is 1. The van der Waals surface area contributed by atoms with Crippen molar-refractivity contribution in [2.45, 2.75) is 59.9 Å². The summed E-state index contributed by atoms with van der Waals surface area (Å²) in [5, 5.41) is 3.45. The van der Waals surface area contributed by atoms with E-state index in [0.29, 0.717) is 6.04 Å². The Kier molecular flexibility index (Phi) is 7.35. The molecule has 0 saturated heterocycles. The molecule has 1 nitrogen and oxygen atoms in total. The average Bonchev–Trinajstić information content (AvgIpc) is 1.96. The van der Waals surface area contributed by atoms with Gasteiger partial charge in [0.15, 0.2) is 0 Å². The lowest BCUT2D eigenvalue weighted by Gasteiger charge is -2.14. The highest BCUT2D eigenvalue weighted by molar-refractivity contribution is 4.59. The molecule has 0 heterocycles. The van der Waals surface area contributed by atoms with E-state index >= 15 is 0 Å². The standard InChI is InChI=1S/C12H27N/c1-10(2)9-12(5)7-6-8-13-11(3)4/h10-13H,6-9H2,1-5H3. The largest absolute Gasteiger partial charge is 0.315 e. The van der Waals surface area contributed by atoms with Crippen LogP contribution in [0.3, 0.4) is 0 Å². The van der Waals surface area contributed by atoms with E-state index in [-0.39, 0.29) is 0 Å². The van der Waals surface area contributed by atoms with Crippen LogP contribution in [-0.4, -0.2) is 12.6 Å². The molecule has 0 aromatic heterocycles. The van der Waals surface area contributed by atoms with Crippen LogP contribution in [0.5, 0.6) is 0 Å². The van der Waals surface area contributed by atoms with Gasteiger partial charge in [0.05, 0.1) is 0 Å². The zero-order valence-corrected chi connectivity index (χ0v) is 10.1. The fourth-order valence-electron chi connectivity index (χ4n) is 1.76. The predicted octanol–water partition coefficient (Wildman–Crippen LogP) is 3.45. The van der Waals surface area contributed by atoms with Crippen molar-refractivity contribution in [3.8, 4) is 0 Å². The van der Waals surface area contributed by atoms with Crippen molar-refractivity contribution in [3.63, 3.8) is 0 Å². The molecule has 0 aliphatic carbocycles. The molecule has 0 amide bonds. The number of hydrogen-bond donors (Lipinski definition) is 1. The Bertz CT molecular complexity index is 108. The van der Waals surface area contributed by atoms with Crippen LogP contribution in [-0.2, 0) is 0 Å². The minimum absolute atomic E-state index is 0.639. The maximum absolute atomic E-state index is 3.45. The fourth-order valence-corrected chi connectivity index (χ4v) is 1.76. The molecule has 1 N–H and O–H groups in total. The maximum Gasteiger partial charge on any atom is 0.00103 e. The molecule has 1 unspecified atom stereocenters. The summed E-state index contributed by atoms with van der Waals surface area (Å²) in [5.74, 6) is 1.75. The van der Waals surface area contributed by atoms with Gasteiger partial charge >= 0.3 is 0 Å². The highest BCUT2D eigenvalue weighted by atomic mass is 14.9. The van der Waals surface area contributed by atoms with Gasteiger partial charge in [-0.25, -0.2) is 0 Å². The number of rotatable bonds is 7. The molecule has 1 atom stereocenters. The molecule has 0 saturated carbocycles. The third kappa shape index (κ3) is 9.88. The Balaban J connectivity index is 3.22. The van der Waals surface area contributed by atoms with Crippen molar-refractivity contribution in [1.29, 1.82) is 0 Å². The van der Waals surface area contributed by atoms with Gasteiger partial charge in [-0.1, -0.05) is 34.6 Å². The Morgan fingerprint density at radius 2 is 1.62 bits per heavy atom. The molecule has 1 heteroatoms. The molecule has 0 aromatic carbocycles. The van der Waals surface area contributed by atoms with Crippen molar-refractivity contribution in [1.82, 2.24) is 5.32 Å². The van der Waals surface area contributed by atoms with Crippen molar-refractivity contribution in [3.05, 3.63) is 0 Å². The van der Waals surface area contributed by atoms with Crippen LogP contribution in [0.15, 0.2) is 0 Å². The summed E-state index contributed by atoms with van der Waals surface area (Å²) in [6.45, 7) is 12.6. The summed E-state index contributed by atoms with van der Waals surface area (Å²) in [4.78, 5) is 0. The second-order valence-electron chi connectivity index (χ2n) is 4.99. The normalized spacial score (nSPS) is 14.1. The van der Waals surface area contributed by atoms with Gasteiger partial charge in [-0.2, -0.15) is 0 Å². The Hall–Kier alpha value is -0.0400. The lowest BCUT2D eigenvalue weighted by molar-refractivity contribution is 0.398. The van der Waals surface area contributed by atoms with E-state index in [2.05, 4.69) is 39.9 Å². The van der Waals surface area contributed by atoms with Gasteiger partial charge in [-0.15, -0.1) is 0 Å². The molecule has 0 bridgehead atoms. The highest BCUT2D eigenvalue weighted by Crippen LogP contribution is 2.15. The van der Waals surface area contributed by atoms with Crippen LogP contribution in [0.4, 0.5) is 0 Å². The van der Waals surface area contributed by atoms with Gasteiger partial charge < -0.3 is 5.32 Å². The quantitative estimate of drug-likeness (QED) is 0.599. The zero-order valence-electron chi connectivity index (χ0n) is 10.1. The Labute approximate surface area is 84.3 Å². The van der Waals surface area contributed by atoms with Crippen molar-refractivity contribution in [2.24, 2.45) is 11.8 Å². The minimum Gasteiger partial charge on any atom is -0.315 e. The zero-order chi connectivity index (χ0) is 10.3. The first-order chi connectivity index (χ1) is 6.02. The third-order valence-electron chi connectivity index (χ3n) is 2.30. The predicted molar refractivity (Wildman–Crippen MR) is 61.0 cm³/mol. The second kappa shape index (κ2) is 7.37. The molecule has 13 heavy (non-hydrogen) atoms. The minimum atomic E-state index is 0.639. The third-order valence-corrected chi connectivity index (χ3v) is 2.30. The Morgan fingerprint density at radius 1 is 1.00 bits per heavy atom. The molecule has 0 fully saturated rings. The van der Waals surface area contributed by atoms with Crippen molar-refractivity contribution in [2.75, 3.05) is 6.54 Å². The Morgan fingerprint density at radius 3 is 2.08 bits per heavy atom.